The standard InChI is InChI=1S/C7H14N2/c1-9-4-6-2-3-7(5-9)8-6/h6-8H,2-5H2,1H3/t6-,7+. The molecular weight excluding hydrogens is 112 g/mol. The number of piperazine rings is 1. The van der Waals surface area contributed by atoms with E-state index in [0.29, 0.717) is 0 Å². The molecule has 0 aromatic carbocycles. The molecule has 2 heteroatoms. The monoisotopic (exact) mass is 126 g/mol. The molecule has 2 bridgehead atoms. The molecule has 0 unspecified atom stereocenters. The first-order chi connectivity index (χ1) is 4.34. The maximum absolute atomic E-state index is 3.58. The highest BCUT2D eigenvalue weighted by atomic mass is 15.2. The number of hydrogen-bond acceptors (Lipinski definition) is 2. The van der Waals surface area contributed by atoms with Crippen molar-refractivity contribution in [2.24, 2.45) is 0 Å². The molecule has 0 spiro atoms. The van der Waals surface area contributed by atoms with Crippen LogP contribution in [0, 0.1) is 0 Å². The molecule has 0 amide bonds. The summed E-state index contributed by atoms with van der Waals surface area (Å²) in [5.74, 6) is 0. The van der Waals surface area contributed by atoms with Crippen LogP contribution in [0.4, 0.5) is 0 Å². The molecule has 2 rings (SSSR count). The predicted molar refractivity (Wildman–Crippen MR) is 37.4 cm³/mol. The Hall–Kier alpha value is -0.0800. The van der Waals surface area contributed by atoms with Gasteiger partial charge in [-0.25, -0.2) is 0 Å². The highest BCUT2D eigenvalue weighted by molar-refractivity contribution is 4.91. The Kier molecular flexibility index (Phi) is 1.24. The molecule has 2 nitrogen and oxygen atoms in total. The van der Waals surface area contributed by atoms with E-state index in [1.54, 1.807) is 0 Å². The molecule has 2 heterocycles. The fourth-order valence-corrected chi connectivity index (χ4v) is 2.02. The van der Waals surface area contributed by atoms with Gasteiger partial charge >= 0.3 is 0 Å². The maximum atomic E-state index is 3.58. The van der Waals surface area contributed by atoms with Gasteiger partial charge in [-0.2, -0.15) is 0 Å². The highest BCUT2D eigenvalue weighted by Gasteiger charge is 2.29. The zero-order valence-corrected chi connectivity index (χ0v) is 5.93. The molecule has 2 aliphatic heterocycles. The van der Waals surface area contributed by atoms with E-state index >= 15 is 0 Å². The fraction of sp³-hybridized carbons (Fsp3) is 1.00. The van der Waals surface area contributed by atoms with Crippen LogP contribution in [0.5, 0.6) is 0 Å². The minimum Gasteiger partial charge on any atom is -0.309 e. The normalized spacial score (nSPS) is 43.7. The second-order valence-corrected chi connectivity index (χ2v) is 3.36. The molecule has 2 saturated heterocycles. The van der Waals surface area contributed by atoms with Crippen molar-refractivity contribution in [3.8, 4) is 0 Å². The van der Waals surface area contributed by atoms with Crippen molar-refractivity contribution >= 4 is 0 Å². The minimum absolute atomic E-state index is 0.814. The maximum Gasteiger partial charge on any atom is 0.0198 e. The van der Waals surface area contributed by atoms with Crippen LogP contribution in [0.15, 0.2) is 0 Å². The number of likely N-dealkylation sites (tertiary alicyclic amines) is 1. The zero-order chi connectivity index (χ0) is 6.27. The lowest BCUT2D eigenvalue weighted by atomic mass is 10.2. The number of likely N-dealkylation sites (N-methyl/N-ethyl adjacent to an activating group) is 1. The molecule has 0 aliphatic carbocycles. The van der Waals surface area contributed by atoms with Gasteiger partial charge in [0.15, 0.2) is 0 Å². The van der Waals surface area contributed by atoms with Crippen LogP contribution in [0.2, 0.25) is 0 Å². The Morgan fingerprint density at radius 2 is 1.78 bits per heavy atom. The van der Waals surface area contributed by atoms with Crippen LogP contribution in [0.1, 0.15) is 12.8 Å². The Morgan fingerprint density at radius 1 is 1.22 bits per heavy atom. The number of hydrogen-bond donors (Lipinski definition) is 1. The fourth-order valence-electron chi connectivity index (χ4n) is 2.02. The third-order valence-electron chi connectivity index (χ3n) is 2.40. The van der Waals surface area contributed by atoms with Crippen LogP contribution < -0.4 is 5.32 Å². The predicted octanol–water partition coefficient (Wildman–Crippen LogP) is 0.0524. The van der Waals surface area contributed by atoms with Crippen molar-refractivity contribution in [1.82, 2.24) is 10.2 Å². The van der Waals surface area contributed by atoms with E-state index in [0.717, 1.165) is 12.1 Å². The summed E-state index contributed by atoms with van der Waals surface area (Å²) in [7, 11) is 2.21. The molecule has 0 aromatic heterocycles. The van der Waals surface area contributed by atoms with E-state index in [-0.39, 0.29) is 0 Å². The second kappa shape index (κ2) is 1.96. The Labute approximate surface area is 56.2 Å². The van der Waals surface area contributed by atoms with E-state index in [9.17, 15) is 0 Å². The third kappa shape index (κ3) is 0.970. The van der Waals surface area contributed by atoms with Crippen molar-refractivity contribution in [3.63, 3.8) is 0 Å². The van der Waals surface area contributed by atoms with Crippen molar-refractivity contribution in [1.29, 1.82) is 0 Å². The molecule has 2 atom stereocenters. The van der Waals surface area contributed by atoms with Crippen LogP contribution in [0.25, 0.3) is 0 Å². The first kappa shape index (κ1) is 5.69. The minimum atomic E-state index is 0.814. The summed E-state index contributed by atoms with van der Waals surface area (Å²) in [6, 6.07) is 1.63. The molecular formula is C7H14N2. The van der Waals surface area contributed by atoms with Crippen LogP contribution in [-0.2, 0) is 0 Å². The van der Waals surface area contributed by atoms with Gasteiger partial charge in [0.25, 0.3) is 0 Å². The smallest absolute Gasteiger partial charge is 0.0198 e. The summed E-state index contributed by atoms with van der Waals surface area (Å²) >= 11 is 0. The second-order valence-electron chi connectivity index (χ2n) is 3.36. The van der Waals surface area contributed by atoms with E-state index in [4.69, 9.17) is 0 Å². The molecule has 0 radical (unpaired) electrons. The SMILES string of the molecule is CN1C[C@H]2CC[C@@H](C1)N2. The third-order valence-corrected chi connectivity index (χ3v) is 2.40. The molecule has 2 fully saturated rings. The van der Waals surface area contributed by atoms with E-state index in [1.165, 1.54) is 25.9 Å². The lowest BCUT2D eigenvalue weighted by Crippen LogP contribution is -2.49. The first-order valence-corrected chi connectivity index (χ1v) is 3.79. The Bertz CT molecular complexity index is 101. The highest BCUT2D eigenvalue weighted by Crippen LogP contribution is 2.18. The molecule has 1 N–H and O–H groups in total. The number of fused-ring (bicyclic) bond motifs is 2. The number of nitrogens with one attached hydrogen (secondary N) is 1. The lowest BCUT2D eigenvalue weighted by Gasteiger charge is -2.29. The van der Waals surface area contributed by atoms with Gasteiger partial charge in [0.1, 0.15) is 0 Å². The summed E-state index contributed by atoms with van der Waals surface area (Å²) in [6.45, 7) is 2.52. The lowest BCUT2D eigenvalue weighted by molar-refractivity contribution is 0.235. The number of rotatable bonds is 0. The van der Waals surface area contributed by atoms with Crippen LogP contribution >= 0.6 is 0 Å². The van der Waals surface area contributed by atoms with Gasteiger partial charge < -0.3 is 10.2 Å². The summed E-state index contributed by atoms with van der Waals surface area (Å²) < 4.78 is 0. The van der Waals surface area contributed by atoms with Crippen molar-refractivity contribution < 1.29 is 0 Å². The Balaban J connectivity index is 2.03. The molecule has 2 aliphatic rings. The van der Waals surface area contributed by atoms with E-state index < -0.39 is 0 Å². The average Bonchev–Trinajstić information content (AvgIpc) is 2.11. The average molecular weight is 126 g/mol. The molecule has 9 heavy (non-hydrogen) atoms. The van der Waals surface area contributed by atoms with Gasteiger partial charge in [-0.3, -0.25) is 0 Å². The van der Waals surface area contributed by atoms with E-state index in [1.807, 2.05) is 0 Å². The zero-order valence-electron chi connectivity index (χ0n) is 5.93. The Morgan fingerprint density at radius 3 is 2.33 bits per heavy atom. The molecule has 52 valence electrons. The van der Waals surface area contributed by atoms with Crippen molar-refractivity contribution in [2.75, 3.05) is 20.1 Å². The molecule has 0 aromatic rings. The van der Waals surface area contributed by atoms with Gasteiger partial charge in [-0.15, -0.1) is 0 Å². The summed E-state index contributed by atoms with van der Waals surface area (Å²) in [6.07, 6.45) is 2.80. The van der Waals surface area contributed by atoms with Crippen LogP contribution in [-0.4, -0.2) is 37.1 Å². The molecule has 0 saturated carbocycles. The summed E-state index contributed by atoms with van der Waals surface area (Å²) in [5.41, 5.74) is 0. The van der Waals surface area contributed by atoms with Crippen LogP contribution in [0.3, 0.4) is 0 Å². The van der Waals surface area contributed by atoms with Gasteiger partial charge in [0.05, 0.1) is 0 Å². The summed E-state index contributed by atoms with van der Waals surface area (Å²) in [4.78, 5) is 2.43. The van der Waals surface area contributed by atoms with Gasteiger partial charge in [0, 0.05) is 25.2 Å². The topological polar surface area (TPSA) is 15.3 Å². The quantitative estimate of drug-likeness (QED) is 0.493. The number of nitrogens with zero attached hydrogens (tertiary/aromatic N) is 1. The van der Waals surface area contributed by atoms with Gasteiger partial charge in [0.2, 0.25) is 0 Å². The van der Waals surface area contributed by atoms with Crippen molar-refractivity contribution in [2.45, 2.75) is 24.9 Å². The first-order valence-electron chi connectivity index (χ1n) is 3.79. The summed E-state index contributed by atoms with van der Waals surface area (Å²) in [5, 5.41) is 3.58. The van der Waals surface area contributed by atoms with Crippen molar-refractivity contribution in [3.05, 3.63) is 0 Å². The van der Waals surface area contributed by atoms with Gasteiger partial charge in [-0.05, 0) is 19.9 Å². The largest absolute Gasteiger partial charge is 0.309 e. The van der Waals surface area contributed by atoms with Gasteiger partial charge in [-0.1, -0.05) is 0 Å². The van der Waals surface area contributed by atoms with E-state index in [2.05, 4.69) is 17.3 Å².